The number of hydrogen-bond donors (Lipinski definition) is 0. The molecular formula is C11H9N5O2. The van der Waals surface area contributed by atoms with Gasteiger partial charge in [-0.05, 0) is 12.1 Å². The fraction of sp³-hybridized carbons (Fsp3) is 0.182. The number of rotatable bonds is 3. The van der Waals surface area contributed by atoms with Crippen LogP contribution >= 0.6 is 0 Å². The van der Waals surface area contributed by atoms with Crippen molar-refractivity contribution in [2.45, 2.75) is 6.54 Å². The largest absolute Gasteiger partial charge is 0.465 e. The summed E-state index contributed by atoms with van der Waals surface area (Å²) < 4.78 is 6.07. The number of hydrogen-bond acceptors (Lipinski definition) is 6. The van der Waals surface area contributed by atoms with E-state index in [1.807, 2.05) is 6.07 Å². The highest BCUT2D eigenvalue weighted by Gasteiger charge is 2.06. The van der Waals surface area contributed by atoms with Gasteiger partial charge in [0.25, 0.3) is 5.82 Å². The summed E-state index contributed by atoms with van der Waals surface area (Å²) in [5.41, 5.74) is 1.09. The van der Waals surface area contributed by atoms with Crippen LogP contribution in [0.2, 0.25) is 0 Å². The van der Waals surface area contributed by atoms with E-state index in [1.165, 1.54) is 24.3 Å². The molecule has 0 unspecified atom stereocenters. The first-order valence-electron chi connectivity index (χ1n) is 5.05. The molecule has 0 bridgehead atoms. The summed E-state index contributed by atoms with van der Waals surface area (Å²) in [6, 6.07) is 5.16. The van der Waals surface area contributed by atoms with E-state index >= 15 is 0 Å². The first kappa shape index (κ1) is 11.7. The lowest BCUT2D eigenvalue weighted by Crippen LogP contribution is -2.05. The zero-order valence-corrected chi connectivity index (χ0v) is 9.57. The second-order valence-electron chi connectivity index (χ2n) is 3.41. The van der Waals surface area contributed by atoms with E-state index in [-0.39, 0.29) is 5.82 Å². The maximum absolute atomic E-state index is 11.2. The van der Waals surface area contributed by atoms with Crippen LogP contribution in [0.5, 0.6) is 0 Å². The summed E-state index contributed by atoms with van der Waals surface area (Å²) in [5.74, 6) is -0.317. The number of nitriles is 1. The molecule has 0 spiro atoms. The average molecular weight is 243 g/mol. The number of methoxy groups -OCH3 is 1. The zero-order valence-electron chi connectivity index (χ0n) is 9.57. The van der Waals surface area contributed by atoms with Crippen molar-refractivity contribution >= 4 is 5.97 Å². The second-order valence-corrected chi connectivity index (χ2v) is 3.41. The van der Waals surface area contributed by atoms with Crippen molar-refractivity contribution in [1.29, 1.82) is 5.26 Å². The number of carbonyl (C=O) groups excluding carboxylic acids is 1. The zero-order chi connectivity index (χ0) is 13.0. The van der Waals surface area contributed by atoms with Gasteiger partial charge < -0.3 is 4.74 Å². The van der Waals surface area contributed by atoms with Crippen LogP contribution in [0.1, 0.15) is 21.9 Å². The lowest BCUT2D eigenvalue weighted by atomic mass is 10.2. The topological polar surface area (TPSA) is 93.7 Å². The molecule has 7 heteroatoms. The van der Waals surface area contributed by atoms with E-state index in [0.29, 0.717) is 17.8 Å². The molecule has 90 valence electrons. The van der Waals surface area contributed by atoms with Gasteiger partial charge >= 0.3 is 5.97 Å². The third kappa shape index (κ3) is 2.49. The van der Waals surface area contributed by atoms with Crippen molar-refractivity contribution in [3.63, 3.8) is 0 Å². The molecule has 0 aliphatic rings. The van der Waals surface area contributed by atoms with E-state index < -0.39 is 5.97 Å². The minimum Gasteiger partial charge on any atom is -0.465 e. The Hall–Kier alpha value is -2.75. The highest BCUT2D eigenvalue weighted by Crippen LogP contribution is 2.03. The Morgan fingerprint density at radius 1 is 1.50 bits per heavy atom. The maximum Gasteiger partial charge on any atom is 0.339 e. The Kier molecular flexibility index (Phi) is 3.29. The lowest BCUT2D eigenvalue weighted by molar-refractivity contribution is 0.0600. The number of esters is 1. The molecule has 0 atom stereocenters. The van der Waals surface area contributed by atoms with Gasteiger partial charge in [-0.2, -0.15) is 5.26 Å². The Morgan fingerprint density at radius 2 is 2.33 bits per heavy atom. The van der Waals surface area contributed by atoms with Gasteiger partial charge in [-0.3, -0.25) is 4.98 Å². The highest BCUT2D eigenvalue weighted by molar-refractivity contribution is 5.88. The van der Waals surface area contributed by atoms with Gasteiger partial charge in [0.05, 0.1) is 24.9 Å². The van der Waals surface area contributed by atoms with Crippen molar-refractivity contribution in [3.8, 4) is 6.07 Å². The maximum atomic E-state index is 11.2. The first-order chi connectivity index (χ1) is 8.72. The Balaban J connectivity index is 2.11. The molecule has 2 rings (SSSR count). The molecule has 0 N–H and O–H groups in total. The molecule has 0 amide bonds. The van der Waals surface area contributed by atoms with Gasteiger partial charge in [-0.15, -0.1) is 5.10 Å². The predicted molar refractivity (Wildman–Crippen MR) is 59.4 cm³/mol. The quantitative estimate of drug-likeness (QED) is 0.723. The molecule has 0 fully saturated rings. The van der Waals surface area contributed by atoms with Gasteiger partial charge in [-0.1, -0.05) is 0 Å². The normalized spacial score (nSPS) is 9.78. The molecule has 0 saturated heterocycles. The number of nitrogens with zero attached hydrogens (tertiary/aromatic N) is 5. The minimum atomic E-state index is -0.429. The van der Waals surface area contributed by atoms with Crippen LogP contribution in [-0.4, -0.2) is 32.8 Å². The van der Waals surface area contributed by atoms with Gasteiger partial charge in [0.2, 0.25) is 0 Å². The molecule has 7 nitrogen and oxygen atoms in total. The van der Waals surface area contributed by atoms with Crippen molar-refractivity contribution in [2.24, 2.45) is 0 Å². The van der Waals surface area contributed by atoms with E-state index in [0.717, 1.165) is 0 Å². The van der Waals surface area contributed by atoms with Crippen molar-refractivity contribution in [2.75, 3.05) is 7.11 Å². The summed E-state index contributed by atoms with van der Waals surface area (Å²) in [4.78, 5) is 19.1. The van der Waals surface area contributed by atoms with E-state index in [2.05, 4.69) is 19.8 Å². The predicted octanol–water partition coefficient (Wildman–Crippen LogP) is 0.380. The summed E-state index contributed by atoms with van der Waals surface area (Å²) in [5, 5.41) is 12.5. The fourth-order valence-electron chi connectivity index (χ4n) is 1.34. The fourth-order valence-corrected chi connectivity index (χ4v) is 1.34. The molecule has 2 aromatic rings. The number of aromatic nitrogens is 4. The van der Waals surface area contributed by atoms with Gasteiger partial charge in [-0.25, -0.2) is 14.5 Å². The average Bonchev–Trinajstić information content (AvgIpc) is 2.86. The minimum absolute atomic E-state index is 0.112. The molecule has 0 saturated carbocycles. The molecule has 2 heterocycles. The second kappa shape index (κ2) is 5.05. The molecule has 0 aliphatic carbocycles. The molecule has 0 radical (unpaired) electrons. The Morgan fingerprint density at radius 3 is 2.89 bits per heavy atom. The van der Waals surface area contributed by atoms with Crippen LogP contribution < -0.4 is 0 Å². The lowest BCUT2D eigenvalue weighted by Gasteiger charge is -2.02. The number of carbonyl (C=O) groups is 1. The van der Waals surface area contributed by atoms with E-state index in [4.69, 9.17) is 5.26 Å². The summed E-state index contributed by atoms with van der Waals surface area (Å²) in [6.45, 7) is 0.385. The highest BCUT2D eigenvalue weighted by atomic mass is 16.5. The monoisotopic (exact) mass is 243 g/mol. The SMILES string of the molecule is COC(=O)c1ccc(Cn2cnc(C#N)n2)nc1. The Bertz CT molecular complexity index is 597. The van der Waals surface area contributed by atoms with Gasteiger partial charge in [0.15, 0.2) is 0 Å². The summed E-state index contributed by atoms with van der Waals surface area (Å²) >= 11 is 0. The van der Waals surface area contributed by atoms with Crippen molar-refractivity contribution in [1.82, 2.24) is 19.7 Å². The van der Waals surface area contributed by atoms with Crippen molar-refractivity contribution < 1.29 is 9.53 Å². The third-order valence-electron chi connectivity index (χ3n) is 2.21. The standard InChI is InChI=1S/C11H9N5O2/c1-18-11(17)8-2-3-9(13-5-8)6-16-7-14-10(4-12)15-16/h2-3,5,7H,6H2,1H3. The van der Waals surface area contributed by atoms with Crippen LogP contribution in [0.15, 0.2) is 24.7 Å². The summed E-state index contributed by atoms with van der Waals surface area (Å²) in [7, 11) is 1.31. The van der Waals surface area contributed by atoms with Gasteiger partial charge in [0.1, 0.15) is 12.4 Å². The van der Waals surface area contributed by atoms with Crippen LogP contribution in [0, 0.1) is 11.3 Å². The molecular weight excluding hydrogens is 234 g/mol. The van der Waals surface area contributed by atoms with E-state index in [1.54, 1.807) is 12.1 Å². The Labute approximate surface area is 103 Å². The summed E-state index contributed by atoms with van der Waals surface area (Å²) in [6.07, 6.45) is 2.89. The van der Waals surface area contributed by atoms with Crippen molar-refractivity contribution in [3.05, 3.63) is 41.7 Å². The smallest absolute Gasteiger partial charge is 0.339 e. The van der Waals surface area contributed by atoms with Crippen LogP contribution in [0.3, 0.4) is 0 Å². The number of ether oxygens (including phenoxy) is 1. The molecule has 2 aromatic heterocycles. The third-order valence-corrected chi connectivity index (χ3v) is 2.21. The van der Waals surface area contributed by atoms with Gasteiger partial charge in [0, 0.05) is 6.20 Å². The molecule has 0 aliphatic heterocycles. The molecule has 0 aromatic carbocycles. The van der Waals surface area contributed by atoms with E-state index in [9.17, 15) is 4.79 Å². The first-order valence-corrected chi connectivity index (χ1v) is 5.05. The van der Waals surface area contributed by atoms with Crippen LogP contribution in [0.25, 0.3) is 0 Å². The number of pyridine rings is 1. The van der Waals surface area contributed by atoms with Crippen LogP contribution in [-0.2, 0) is 11.3 Å². The van der Waals surface area contributed by atoms with Crippen LogP contribution in [0.4, 0.5) is 0 Å². The molecule has 18 heavy (non-hydrogen) atoms.